The molecule has 0 atom stereocenters. The summed E-state index contributed by atoms with van der Waals surface area (Å²) in [6.07, 6.45) is 0. The summed E-state index contributed by atoms with van der Waals surface area (Å²) in [5, 5.41) is 9.19. The second kappa shape index (κ2) is 5.69. The molecule has 0 fully saturated rings. The molecule has 0 saturated heterocycles. The van der Waals surface area contributed by atoms with Gasteiger partial charge in [0, 0.05) is 9.90 Å². The van der Waals surface area contributed by atoms with Gasteiger partial charge in [-0.05, 0) is 36.8 Å². The monoisotopic (exact) mass is 335 g/mol. The minimum absolute atomic E-state index is 0.0478. The van der Waals surface area contributed by atoms with E-state index < -0.39 is 15.8 Å². The van der Waals surface area contributed by atoms with Crippen molar-refractivity contribution >= 4 is 38.6 Å². The fourth-order valence-electron chi connectivity index (χ4n) is 1.60. The summed E-state index contributed by atoms with van der Waals surface area (Å²) in [5.41, 5.74) is 0.738. The molecule has 0 spiro atoms. The fourth-order valence-corrected chi connectivity index (χ4v) is 4.31. The van der Waals surface area contributed by atoms with E-state index in [1.54, 1.807) is 6.92 Å². The molecule has 0 aliphatic rings. The predicted octanol–water partition coefficient (Wildman–Crippen LogP) is 3.14. The highest BCUT2D eigenvalue weighted by Gasteiger charge is 2.19. The van der Waals surface area contributed by atoms with Crippen molar-refractivity contribution in [3.63, 3.8) is 0 Å². The first-order valence-corrected chi connectivity index (χ1v) is 8.18. The average molecular weight is 336 g/mol. The van der Waals surface area contributed by atoms with Gasteiger partial charge in [-0.3, -0.25) is 4.72 Å². The third-order valence-electron chi connectivity index (χ3n) is 2.52. The number of aliphatic hydroxyl groups excluding tert-OH is 1. The SMILES string of the molecule is Cc1cc(S(=O)(=O)Nc2cc(F)cc(Cl)c2)sc1CO. The second-order valence-corrected chi connectivity index (χ2v) is 7.58. The van der Waals surface area contributed by atoms with Crippen LogP contribution in [-0.4, -0.2) is 13.5 Å². The number of anilines is 1. The maximum Gasteiger partial charge on any atom is 0.271 e. The maximum atomic E-state index is 13.2. The van der Waals surface area contributed by atoms with E-state index in [2.05, 4.69) is 4.72 Å². The Labute approximate surface area is 124 Å². The number of halogens is 2. The molecular weight excluding hydrogens is 325 g/mol. The molecule has 0 amide bonds. The van der Waals surface area contributed by atoms with Crippen LogP contribution < -0.4 is 4.72 Å². The first kappa shape index (κ1) is 15.2. The molecule has 4 nitrogen and oxygen atoms in total. The van der Waals surface area contributed by atoms with Crippen molar-refractivity contribution < 1.29 is 17.9 Å². The van der Waals surface area contributed by atoms with E-state index in [0.29, 0.717) is 10.4 Å². The first-order valence-electron chi connectivity index (χ1n) is 5.51. The molecular formula is C12H11ClFNO3S2. The van der Waals surface area contributed by atoms with Gasteiger partial charge in [0.2, 0.25) is 0 Å². The fraction of sp³-hybridized carbons (Fsp3) is 0.167. The Morgan fingerprint density at radius 2 is 2.05 bits per heavy atom. The molecule has 0 unspecified atom stereocenters. The Balaban J connectivity index is 2.35. The second-order valence-electron chi connectivity index (χ2n) is 4.09. The van der Waals surface area contributed by atoms with Crippen LogP contribution in [0.4, 0.5) is 10.1 Å². The van der Waals surface area contributed by atoms with E-state index >= 15 is 0 Å². The van der Waals surface area contributed by atoms with E-state index in [4.69, 9.17) is 16.7 Å². The third-order valence-corrected chi connectivity index (χ3v) is 5.82. The summed E-state index contributed by atoms with van der Waals surface area (Å²) < 4.78 is 39.8. The van der Waals surface area contributed by atoms with Crippen molar-refractivity contribution in [3.05, 3.63) is 45.5 Å². The zero-order chi connectivity index (χ0) is 14.9. The van der Waals surface area contributed by atoms with Crippen molar-refractivity contribution in [2.75, 3.05) is 4.72 Å². The lowest BCUT2D eigenvalue weighted by atomic mass is 10.3. The Morgan fingerprint density at radius 1 is 1.35 bits per heavy atom. The topological polar surface area (TPSA) is 66.4 Å². The highest BCUT2D eigenvalue weighted by molar-refractivity contribution is 7.94. The minimum atomic E-state index is -3.83. The van der Waals surface area contributed by atoms with Gasteiger partial charge in [0.1, 0.15) is 10.0 Å². The van der Waals surface area contributed by atoms with Crippen LogP contribution in [0.25, 0.3) is 0 Å². The summed E-state index contributed by atoms with van der Waals surface area (Å²) >= 11 is 6.64. The minimum Gasteiger partial charge on any atom is -0.391 e. The zero-order valence-corrected chi connectivity index (χ0v) is 12.7. The van der Waals surface area contributed by atoms with Gasteiger partial charge in [0.25, 0.3) is 10.0 Å². The maximum absolute atomic E-state index is 13.2. The van der Waals surface area contributed by atoms with Gasteiger partial charge in [0.05, 0.1) is 12.3 Å². The van der Waals surface area contributed by atoms with Crippen LogP contribution in [0.2, 0.25) is 5.02 Å². The van der Waals surface area contributed by atoms with Gasteiger partial charge in [-0.25, -0.2) is 12.8 Å². The quantitative estimate of drug-likeness (QED) is 0.902. The lowest BCUT2D eigenvalue weighted by Gasteiger charge is -2.06. The lowest BCUT2D eigenvalue weighted by Crippen LogP contribution is -2.11. The van der Waals surface area contributed by atoms with Crippen molar-refractivity contribution in [1.29, 1.82) is 0 Å². The molecule has 0 radical (unpaired) electrons. The van der Waals surface area contributed by atoms with E-state index in [1.165, 1.54) is 12.1 Å². The molecule has 1 aromatic carbocycles. The van der Waals surface area contributed by atoms with E-state index in [9.17, 15) is 12.8 Å². The molecule has 1 aromatic heterocycles. The van der Waals surface area contributed by atoms with Gasteiger partial charge in [-0.15, -0.1) is 11.3 Å². The number of hydrogen-bond donors (Lipinski definition) is 2. The number of benzene rings is 1. The summed E-state index contributed by atoms with van der Waals surface area (Å²) in [5.74, 6) is -0.631. The van der Waals surface area contributed by atoms with Crippen LogP contribution in [-0.2, 0) is 16.6 Å². The smallest absolute Gasteiger partial charge is 0.271 e. The number of rotatable bonds is 4. The lowest BCUT2D eigenvalue weighted by molar-refractivity contribution is 0.285. The van der Waals surface area contributed by atoms with Crippen LogP contribution in [0, 0.1) is 12.7 Å². The molecule has 0 saturated carbocycles. The zero-order valence-electron chi connectivity index (χ0n) is 10.4. The third kappa shape index (κ3) is 3.29. The highest BCUT2D eigenvalue weighted by atomic mass is 35.5. The molecule has 1 heterocycles. The molecule has 8 heteroatoms. The number of sulfonamides is 1. The summed E-state index contributed by atoms with van der Waals surface area (Å²) in [6.45, 7) is 1.48. The van der Waals surface area contributed by atoms with Crippen LogP contribution in [0.1, 0.15) is 10.4 Å². The van der Waals surface area contributed by atoms with E-state index in [0.717, 1.165) is 23.5 Å². The van der Waals surface area contributed by atoms with Gasteiger partial charge < -0.3 is 5.11 Å². The molecule has 2 rings (SSSR count). The number of thiophene rings is 1. The Bertz CT molecular complexity index is 723. The van der Waals surface area contributed by atoms with Crippen molar-refractivity contribution in [2.24, 2.45) is 0 Å². The number of nitrogens with one attached hydrogen (secondary N) is 1. The highest BCUT2D eigenvalue weighted by Crippen LogP contribution is 2.28. The molecule has 108 valence electrons. The Kier molecular flexibility index (Phi) is 4.33. The van der Waals surface area contributed by atoms with Crippen LogP contribution in [0.3, 0.4) is 0 Å². The van der Waals surface area contributed by atoms with Crippen molar-refractivity contribution in [2.45, 2.75) is 17.7 Å². The molecule has 2 aromatic rings. The van der Waals surface area contributed by atoms with Crippen molar-refractivity contribution in [3.8, 4) is 0 Å². The average Bonchev–Trinajstić information content (AvgIpc) is 2.69. The van der Waals surface area contributed by atoms with Gasteiger partial charge in [0.15, 0.2) is 0 Å². The van der Waals surface area contributed by atoms with Gasteiger partial charge >= 0.3 is 0 Å². The van der Waals surface area contributed by atoms with Gasteiger partial charge in [-0.2, -0.15) is 0 Å². The number of aliphatic hydroxyl groups is 1. The van der Waals surface area contributed by atoms with Crippen LogP contribution in [0.5, 0.6) is 0 Å². The predicted molar refractivity (Wildman–Crippen MR) is 77.2 cm³/mol. The summed E-state index contributed by atoms with van der Waals surface area (Å²) in [6, 6.07) is 4.89. The first-order chi connectivity index (χ1) is 9.31. The number of hydrogen-bond acceptors (Lipinski definition) is 4. The summed E-state index contributed by atoms with van der Waals surface area (Å²) in [7, 11) is -3.83. The molecule has 2 N–H and O–H groups in total. The molecule has 0 aliphatic carbocycles. The Hall–Kier alpha value is -1.15. The largest absolute Gasteiger partial charge is 0.391 e. The molecule has 0 aliphatic heterocycles. The van der Waals surface area contributed by atoms with E-state index in [-0.39, 0.29) is 21.5 Å². The standard InChI is InChI=1S/C12H11ClFNO3S2/c1-7-2-12(19-11(7)6-16)20(17,18)15-10-4-8(13)3-9(14)5-10/h2-5,15-16H,6H2,1H3. The van der Waals surface area contributed by atoms with Crippen molar-refractivity contribution in [1.82, 2.24) is 0 Å². The van der Waals surface area contributed by atoms with Crippen LogP contribution >= 0.6 is 22.9 Å². The molecule has 0 bridgehead atoms. The number of aryl methyl sites for hydroxylation is 1. The van der Waals surface area contributed by atoms with Gasteiger partial charge in [-0.1, -0.05) is 11.6 Å². The van der Waals surface area contributed by atoms with E-state index in [1.807, 2.05) is 0 Å². The molecule has 20 heavy (non-hydrogen) atoms. The Morgan fingerprint density at radius 3 is 2.60 bits per heavy atom. The van der Waals surface area contributed by atoms with Crippen LogP contribution in [0.15, 0.2) is 28.5 Å². The summed E-state index contributed by atoms with van der Waals surface area (Å²) in [4.78, 5) is 0.572. The normalized spacial score (nSPS) is 11.6.